The summed E-state index contributed by atoms with van der Waals surface area (Å²) in [7, 11) is 7.25. The molecule has 1 atom stereocenters. The number of carbonyl (C=O) groups is 1. The summed E-state index contributed by atoms with van der Waals surface area (Å²) in [5.41, 5.74) is 0. The predicted molar refractivity (Wildman–Crippen MR) is 43.7 cm³/mol. The molecule has 1 N–H and O–H groups in total. The van der Waals surface area contributed by atoms with Gasteiger partial charge < -0.3 is 10.0 Å². The van der Waals surface area contributed by atoms with E-state index in [2.05, 4.69) is 0 Å². The minimum absolute atomic E-state index is 0.412. The van der Waals surface area contributed by atoms with Gasteiger partial charge in [0.2, 0.25) is 0 Å². The molecule has 0 aliphatic carbocycles. The molecule has 0 saturated heterocycles. The summed E-state index contributed by atoms with van der Waals surface area (Å²) in [6.45, 7) is 0.544. The SMILES string of the molecule is CN(C)CC(C(=O)O)N(C)C. The third kappa shape index (κ3) is 3.95. The lowest BCUT2D eigenvalue weighted by atomic mass is 10.2. The minimum atomic E-state index is -0.774. The Morgan fingerprint density at radius 2 is 1.82 bits per heavy atom. The molecule has 4 nitrogen and oxygen atoms in total. The van der Waals surface area contributed by atoms with Crippen LogP contribution in [0.5, 0.6) is 0 Å². The van der Waals surface area contributed by atoms with Crippen molar-refractivity contribution < 1.29 is 9.90 Å². The first-order valence-corrected chi connectivity index (χ1v) is 3.49. The first-order valence-electron chi connectivity index (χ1n) is 3.49. The van der Waals surface area contributed by atoms with E-state index in [0.717, 1.165) is 0 Å². The summed E-state index contributed by atoms with van der Waals surface area (Å²) in [6.07, 6.45) is 0. The number of carboxylic acids is 1. The average molecular weight is 160 g/mol. The van der Waals surface area contributed by atoms with E-state index in [4.69, 9.17) is 5.11 Å². The highest BCUT2D eigenvalue weighted by molar-refractivity contribution is 5.73. The zero-order valence-corrected chi connectivity index (χ0v) is 7.53. The Morgan fingerprint density at radius 3 is 1.91 bits per heavy atom. The average Bonchev–Trinajstić information content (AvgIpc) is 1.81. The molecule has 4 heteroatoms. The van der Waals surface area contributed by atoms with E-state index in [0.29, 0.717) is 6.54 Å². The summed E-state index contributed by atoms with van der Waals surface area (Å²) in [6, 6.07) is -0.412. The first kappa shape index (κ1) is 10.4. The van der Waals surface area contributed by atoms with Gasteiger partial charge in [0, 0.05) is 6.54 Å². The molecule has 0 aromatic rings. The number of hydrogen-bond donors (Lipinski definition) is 1. The van der Waals surface area contributed by atoms with Crippen LogP contribution >= 0.6 is 0 Å². The van der Waals surface area contributed by atoms with Crippen LogP contribution in [0, 0.1) is 0 Å². The van der Waals surface area contributed by atoms with Crippen molar-refractivity contribution in [2.45, 2.75) is 6.04 Å². The maximum Gasteiger partial charge on any atom is 0.322 e. The van der Waals surface area contributed by atoms with Crippen LogP contribution in [0.2, 0.25) is 0 Å². The number of carboxylic acid groups (broad SMARTS) is 1. The van der Waals surface area contributed by atoms with Gasteiger partial charge in [0.1, 0.15) is 6.04 Å². The Bertz CT molecular complexity index is 134. The van der Waals surface area contributed by atoms with Gasteiger partial charge in [-0.25, -0.2) is 0 Å². The zero-order valence-electron chi connectivity index (χ0n) is 7.53. The van der Waals surface area contributed by atoms with Gasteiger partial charge in [0.15, 0.2) is 0 Å². The second kappa shape index (κ2) is 4.31. The molecular weight excluding hydrogens is 144 g/mol. The van der Waals surface area contributed by atoms with Crippen molar-refractivity contribution in [3.63, 3.8) is 0 Å². The highest BCUT2D eigenvalue weighted by Gasteiger charge is 2.19. The fraction of sp³-hybridized carbons (Fsp3) is 0.857. The highest BCUT2D eigenvalue weighted by atomic mass is 16.4. The van der Waals surface area contributed by atoms with E-state index in [9.17, 15) is 4.79 Å². The molecule has 0 saturated carbocycles. The van der Waals surface area contributed by atoms with Crippen LogP contribution in [-0.2, 0) is 4.79 Å². The highest BCUT2D eigenvalue weighted by Crippen LogP contribution is 1.94. The van der Waals surface area contributed by atoms with E-state index < -0.39 is 12.0 Å². The Morgan fingerprint density at radius 1 is 1.36 bits per heavy atom. The lowest BCUT2D eigenvalue weighted by Crippen LogP contribution is -2.43. The molecule has 0 aromatic heterocycles. The van der Waals surface area contributed by atoms with Crippen LogP contribution < -0.4 is 0 Å². The van der Waals surface area contributed by atoms with E-state index in [1.165, 1.54) is 0 Å². The van der Waals surface area contributed by atoms with E-state index >= 15 is 0 Å². The molecule has 0 fully saturated rings. The Balaban J connectivity index is 4.01. The summed E-state index contributed by atoms with van der Waals surface area (Å²) in [4.78, 5) is 14.2. The van der Waals surface area contributed by atoms with E-state index in [-0.39, 0.29) is 0 Å². The predicted octanol–water partition coefficient (Wildman–Crippen LogP) is -0.437. The van der Waals surface area contributed by atoms with Crippen molar-refractivity contribution >= 4 is 5.97 Å². The van der Waals surface area contributed by atoms with Crippen LogP contribution in [0.1, 0.15) is 0 Å². The molecule has 0 aliphatic heterocycles. The molecule has 0 aromatic carbocycles. The fourth-order valence-corrected chi connectivity index (χ4v) is 0.808. The molecule has 0 bridgehead atoms. The molecule has 0 aliphatic rings. The molecule has 0 amide bonds. The number of nitrogens with zero attached hydrogens (tertiary/aromatic N) is 2. The molecular formula is C7H16N2O2. The Labute approximate surface area is 67.4 Å². The van der Waals surface area contributed by atoms with Gasteiger partial charge in [-0.2, -0.15) is 0 Å². The summed E-state index contributed by atoms with van der Waals surface area (Å²) >= 11 is 0. The van der Waals surface area contributed by atoms with Crippen LogP contribution in [0.4, 0.5) is 0 Å². The number of likely N-dealkylation sites (N-methyl/N-ethyl adjacent to an activating group) is 2. The zero-order chi connectivity index (χ0) is 9.02. The Hall–Kier alpha value is -0.610. The minimum Gasteiger partial charge on any atom is -0.480 e. The lowest BCUT2D eigenvalue weighted by Gasteiger charge is -2.22. The number of hydrogen-bond acceptors (Lipinski definition) is 3. The van der Waals surface area contributed by atoms with Crippen molar-refractivity contribution in [1.29, 1.82) is 0 Å². The third-order valence-corrected chi connectivity index (χ3v) is 1.45. The molecule has 0 spiro atoms. The van der Waals surface area contributed by atoms with Crippen LogP contribution in [0.25, 0.3) is 0 Å². The van der Waals surface area contributed by atoms with E-state index in [1.54, 1.807) is 19.0 Å². The van der Waals surface area contributed by atoms with E-state index in [1.807, 2.05) is 19.0 Å². The molecule has 1 unspecified atom stereocenters. The summed E-state index contributed by atoms with van der Waals surface area (Å²) in [5.74, 6) is -0.774. The molecule has 66 valence electrons. The largest absolute Gasteiger partial charge is 0.480 e. The van der Waals surface area contributed by atoms with Crippen molar-refractivity contribution in [3.8, 4) is 0 Å². The van der Waals surface area contributed by atoms with Gasteiger partial charge >= 0.3 is 5.97 Å². The van der Waals surface area contributed by atoms with Crippen molar-refractivity contribution in [1.82, 2.24) is 9.80 Å². The maximum absolute atomic E-state index is 10.6. The van der Waals surface area contributed by atoms with Gasteiger partial charge in [-0.1, -0.05) is 0 Å². The van der Waals surface area contributed by atoms with Gasteiger partial charge in [-0.05, 0) is 28.2 Å². The Kier molecular flexibility index (Phi) is 4.07. The fourth-order valence-electron chi connectivity index (χ4n) is 0.808. The standard InChI is InChI=1S/C7H16N2O2/c1-8(2)5-6(7(10)11)9(3)4/h6H,5H2,1-4H3,(H,10,11). The van der Waals surface area contributed by atoms with Crippen molar-refractivity contribution in [3.05, 3.63) is 0 Å². The normalized spacial score (nSPS) is 14.0. The molecule has 11 heavy (non-hydrogen) atoms. The maximum atomic E-state index is 10.6. The second-order valence-corrected chi connectivity index (χ2v) is 3.08. The first-order chi connectivity index (χ1) is 4.95. The van der Waals surface area contributed by atoms with Crippen LogP contribution in [0.3, 0.4) is 0 Å². The van der Waals surface area contributed by atoms with Gasteiger partial charge in [0.05, 0.1) is 0 Å². The topological polar surface area (TPSA) is 43.8 Å². The van der Waals surface area contributed by atoms with Gasteiger partial charge in [0.25, 0.3) is 0 Å². The second-order valence-electron chi connectivity index (χ2n) is 3.08. The third-order valence-electron chi connectivity index (χ3n) is 1.45. The summed E-state index contributed by atoms with van der Waals surface area (Å²) in [5, 5.41) is 8.72. The lowest BCUT2D eigenvalue weighted by molar-refractivity contribution is -0.142. The molecule has 0 radical (unpaired) electrons. The van der Waals surface area contributed by atoms with Gasteiger partial charge in [-0.15, -0.1) is 0 Å². The molecule has 0 heterocycles. The number of aliphatic carboxylic acids is 1. The monoisotopic (exact) mass is 160 g/mol. The molecule has 0 rings (SSSR count). The van der Waals surface area contributed by atoms with Gasteiger partial charge in [-0.3, -0.25) is 9.69 Å². The quantitative estimate of drug-likeness (QED) is 0.605. The number of rotatable bonds is 4. The summed E-state index contributed by atoms with van der Waals surface area (Å²) < 4.78 is 0. The van der Waals surface area contributed by atoms with Crippen molar-refractivity contribution in [2.75, 3.05) is 34.7 Å². The van der Waals surface area contributed by atoms with Crippen molar-refractivity contribution in [2.24, 2.45) is 0 Å². The van der Waals surface area contributed by atoms with Crippen LogP contribution in [-0.4, -0.2) is 61.7 Å². The van der Waals surface area contributed by atoms with Crippen LogP contribution in [0.15, 0.2) is 0 Å². The smallest absolute Gasteiger partial charge is 0.322 e.